The summed E-state index contributed by atoms with van der Waals surface area (Å²) in [6.45, 7) is 1.11. The third-order valence-electron chi connectivity index (χ3n) is 4.26. The zero-order chi connectivity index (χ0) is 19.8. The smallest absolute Gasteiger partial charge is 0.269 e. The second-order valence-electron chi connectivity index (χ2n) is 6.27. The van der Waals surface area contributed by atoms with Crippen molar-refractivity contribution in [1.82, 2.24) is 10.3 Å². The number of ether oxygens (including phenoxy) is 1. The molecule has 2 N–H and O–H groups in total. The van der Waals surface area contributed by atoms with Crippen LogP contribution in [0.25, 0.3) is 0 Å². The third kappa shape index (κ3) is 5.54. The summed E-state index contributed by atoms with van der Waals surface area (Å²) in [5.74, 6) is 0.321. The second kappa shape index (κ2) is 9.50. The molecule has 0 atom stereocenters. The summed E-state index contributed by atoms with van der Waals surface area (Å²) in [4.78, 5) is 16.4. The van der Waals surface area contributed by atoms with Gasteiger partial charge in [-0.3, -0.25) is 4.79 Å². The zero-order valence-corrected chi connectivity index (χ0v) is 15.6. The van der Waals surface area contributed by atoms with E-state index in [2.05, 4.69) is 15.6 Å². The van der Waals surface area contributed by atoms with Crippen LogP contribution in [0.2, 0.25) is 0 Å². The number of amides is 1. The molecule has 0 saturated heterocycles. The van der Waals surface area contributed by atoms with Gasteiger partial charge in [0, 0.05) is 13.1 Å². The Morgan fingerprint density at radius 2 is 1.71 bits per heavy atom. The second-order valence-corrected chi connectivity index (χ2v) is 6.27. The molecule has 1 amide bonds. The first-order chi connectivity index (χ1) is 13.6. The Balaban J connectivity index is 1.46. The first kappa shape index (κ1) is 19.4. The number of pyridine rings is 1. The van der Waals surface area contributed by atoms with Crippen molar-refractivity contribution in [3.63, 3.8) is 0 Å². The Hall–Kier alpha value is -3.41. The number of carbonyl (C=O) groups is 1. The molecule has 5 nitrogen and oxygen atoms in total. The maximum absolute atomic E-state index is 12.9. The fourth-order valence-corrected chi connectivity index (χ4v) is 2.64. The maximum atomic E-state index is 12.9. The molecule has 3 rings (SSSR count). The summed E-state index contributed by atoms with van der Waals surface area (Å²) in [6.07, 6.45) is 2.27. The Morgan fingerprint density at radius 3 is 2.36 bits per heavy atom. The van der Waals surface area contributed by atoms with E-state index in [-0.39, 0.29) is 11.7 Å². The predicted octanol–water partition coefficient (Wildman–Crippen LogP) is 3.81. The predicted molar refractivity (Wildman–Crippen MR) is 107 cm³/mol. The molecule has 0 fully saturated rings. The first-order valence-corrected chi connectivity index (χ1v) is 8.99. The highest BCUT2D eigenvalue weighted by Gasteiger charge is 2.07. The molecule has 1 heterocycles. The number of nitrogens with one attached hydrogen (secondary N) is 2. The van der Waals surface area contributed by atoms with Gasteiger partial charge in [0.2, 0.25) is 0 Å². The van der Waals surface area contributed by atoms with Gasteiger partial charge in [-0.2, -0.15) is 0 Å². The van der Waals surface area contributed by atoms with Gasteiger partial charge in [-0.05, 0) is 53.9 Å². The molecule has 3 aromatic rings. The van der Waals surface area contributed by atoms with Crippen LogP contribution in [-0.4, -0.2) is 24.5 Å². The van der Waals surface area contributed by atoms with E-state index in [1.807, 2.05) is 30.3 Å². The van der Waals surface area contributed by atoms with Crippen molar-refractivity contribution in [2.75, 3.05) is 19.0 Å². The number of carbonyl (C=O) groups excluding carboxylic acids is 1. The Morgan fingerprint density at radius 1 is 1.00 bits per heavy atom. The molecule has 0 saturated carbocycles. The topological polar surface area (TPSA) is 63.2 Å². The highest BCUT2D eigenvalue weighted by molar-refractivity contribution is 5.92. The van der Waals surface area contributed by atoms with Gasteiger partial charge >= 0.3 is 0 Å². The summed E-state index contributed by atoms with van der Waals surface area (Å²) in [7, 11) is 1.64. The molecule has 6 heteroatoms. The molecule has 28 heavy (non-hydrogen) atoms. The number of nitrogens with zero attached hydrogens (tertiary/aromatic N) is 1. The van der Waals surface area contributed by atoms with Crippen LogP contribution in [0, 0.1) is 5.82 Å². The van der Waals surface area contributed by atoms with E-state index in [1.165, 1.54) is 12.1 Å². The van der Waals surface area contributed by atoms with Crippen LogP contribution in [0.3, 0.4) is 0 Å². The maximum Gasteiger partial charge on any atom is 0.269 e. The van der Waals surface area contributed by atoms with Crippen LogP contribution in [0.4, 0.5) is 10.1 Å². The third-order valence-corrected chi connectivity index (χ3v) is 4.26. The molecule has 0 aliphatic carbocycles. The lowest BCUT2D eigenvalue weighted by Crippen LogP contribution is -2.26. The standard InChI is InChI=1S/C22H22FN3O2/c1-28-20-9-4-17(5-10-20)14-25-19-8-11-21(26-15-19)22(27)24-13-12-16-2-6-18(23)7-3-16/h2-11,15,25H,12-14H2,1H3,(H,24,27). The lowest BCUT2D eigenvalue weighted by atomic mass is 10.1. The van der Waals surface area contributed by atoms with Crippen LogP contribution in [0.1, 0.15) is 21.6 Å². The van der Waals surface area contributed by atoms with Gasteiger partial charge in [-0.1, -0.05) is 24.3 Å². The number of methoxy groups -OCH3 is 1. The molecule has 2 aromatic carbocycles. The lowest BCUT2D eigenvalue weighted by molar-refractivity contribution is 0.0949. The average Bonchev–Trinajstić information content (AvgIpc) is 2.74. The van der Waals surface area contributed by atoms with Gasteiger partial charge in [0.25, 0.3) is 5.91 Å². The highest BCUT2D eigenvalue weighted by atomic mass is 19.1. The molecule has 0 spiro atoms. The number of aromatic nitrogens is 1. The molecular weight excluding hydrogens is 357 g/mol. The monoisotopic (exact) mass is 379 g/mol. The molecule has 0 unspecified atom stereocenters. The van der Waals surface area contributed by atoms with E-state index < -0.39 is 0 Å². The molecule has 0 bridgehead atoms. The van der Waals surface area contributed by atoms with Gasteiger partial charge < -0.3 is 15.4 Å². The zero-order valence-electron chi connectivity index (χ0n) is 15.6. The van der Waals surface area contributed by atoms with Crippen LogP contribution < -0.4 is 15.4 Å². The molecule has 0 aliphatic heterocycles. The van der Waals surface area contributed by atoms with E-state index >= 15 is 0 Å². The number of hydrogen-bond acceptors (Lipinski definition) is 4. The van der Waals surface area contributed by atoms with Crippen molar-refractivity contribution in [3.05, 3.63) is 89.5 Å². The van der Waals surface area contributed by atoms with Crippen molar-refractivity contribution in [3.8, 4) is 5.75 Å². The quantitative estimate of drug-likeness (QED) is 0.625. The van der Waals surface area contributed by atoms with Gasteiger partial charge in [0.1, 0.15) is 17.3 Å². The Kier molecular flexibility index (Phi) is 6.57. The molecule has 144 valence electrons. The number of benzene rings is 2. The molecule has 0 radical (unpaired) electrons. The summed E-state index contributed by atoms with van der Waals surface area (Å²) in [5.41, 5.74) is 3.27. The van der Waals surface area contributed by atoms with E-state index in [1.54, 1.807) is 31.5 Å². The number of anilines is 1. The van der Waals surface area contributed by atoms with Gasteiger partial charge in [0.05, 0.1) is 19.0 Å². The van der Waals surface area contributed by atoms with Crippen molar-refractivity contribution in [2.24, 2.45) is 0 Å². The minimum Gasteiger partial charge on any atom is -0.497 e. The lowest BCUT2D eigenvalue weighted by Gasteiger charge is -2.08. The summed E-state index contributed by atoms with van der Waals surface area (Å²) in [6, 6.07) is 17.6. The average molecular weight is 379 g/mol. The number of rotatable bonds is 8. The van der Waals surface area contributed by atoms with Gasteiger partial charge in [0.15, 0.2) is 0 Å². The van der Waals surface area contributed by atoms with Crippen LogP contribution in [-0.2, 0) is 13.0 Å². The molecule has 1 aromatic heterocycles. The Bertz CT molecular complexity index is 895. The van der Waals surface area contributed by atoms with Crippen molar-refractivity contribution in [1.29, 1.82) is 0 Å². The largest absolute Gasteiger partial charge is 0.497 e. The summed E-state index contributed by atoms with van der Waals surface area (Å²) < 4.78 is 18.0. The number of halogens is 1. The van der Waals surface area contributed by atoms with Gasteiger partial charge in [-0.25, -0.2) is 9.37 Å². The summed E-state index contributed by atoms with van der Waals surface area (Å²) >= 11 is 0. The van der Waals surface area contributed by atoms with Crippen LogP contribution in [0.15, 0.2) is 66.9 Å². The van der Waals surface area contributed by atoms with E-state index in [9.17, 15) is 9.18 Å². The van der Waals surface area contributed by atoms with Crippen LogP contribution in [0.5, 0.6) is 5.75 Å². The first-order valence-electron chi connectivity index (χ1n) is 8.99. The fraction of sp³-hybridized carbons (Fsp3) is 0.182. The van der Waals surface area contributed by atoms with E-state index in [4.69, 9.17) is 4.74 Å². The normalized spacial score (nSPS) is 10.4. The minimum absolute atomic E-state index is 0.233. The fourth-order valence-electron chi connectivity index (χ4n) is 2.64. The SMILES string of the molecule is COc1ccc(CNc2ccc(C(=O)NCCc3ccc(F)cc3)nc2)cc1. The van der Waals surface area contributed by atoms with Crippen LogP contribution >= 0.6 is 0 Å². The van der Waals surface area contributed by atoms with Gasteiger partial charge in [-0.15, -0.1) is 0 Å². The van der Waals surface area contributed by atoms with Crippen molar-refractivity contribution in [2.45, 2.75) is 13.0 Å². The van der Waals surface area contributed by atoms with E-state index in [0.29, 0.717) is 25.2 Å². The van der Waals surface area contributed by atoms with Crippen molar-refractivity contribution >= 4 is 11.6 Å². The molecule has 0 aliphatic rings. The number of hydrogen-bond donors (Lipinski definition) is 2. The minimum atomic E-state index is -0.266. The Labute approximate surface area is 163 Å². The molecular formula is C22H22FN3O2. The highest BCUT2D eigenvalue weighted by Crippen LogP contribution is 2.13. The van der Waals surface area contributed by atoms with E-state index in [0.717, 1.165) is 22.6 Å². The van der Waals surface area contributed by atoms with Crippen molar-refractivity contribution < 1.29 is 13.9 Å². The summed E-state index contributed by atoms with van der Waals surface area (Å²) in [5, 5.41) is 6.09.